The van der Waals surface area contributed by atoms with Gasteiger partial charge in [-0.1, -0.05) is 12.1 Å². The summed E-state index contributed by atoms with van der Waals surface area (Å²) in [6, 6.07) is 3.28. The number of carboxylic acids is 1. The van der Waals surface area contributed by atoms with Gasteiger partial charge in [-0.05, 0) is 44.9 Å². The van der Waals surface area contributed by atoms with Crippen molar-refractivity contribution in [2.75, 3.05) is 0 Å². The van der Waals surface area contributed by atoms with Gasteiger partial charge in [0.05, 0.1) is 0 Å². The Balaban J connectivity index is 0.00000441. The molecule has 7 heteroatoms. The van der Waals surface area contributed by atoms with Gasteiger partial charge in [-0.3, -0.25) is 0 Å². The van der Waals surface area contributed by atoms with Gasteiger partial charge in [0.2, 0.25) is 0 Å². The van der Waals surface area contributed by atoms with E-state index in [0.29, 0.717) is 11.1 Å². The average molecular weight is 334 g/mol. The van der Waals surface area contributed by atoms with E-state index in [9.17, 15) is 14.0 Å². The molecule has 1 atom stereocenters. The third-order valence-electron chi connectivity index (χ3n) is 2.67. The van der Waals surface area contributed by atoms with Gasteiger partial charge in [-0.25, -0.2) is 14.0 Å². The number of aryl methyl sites for hydroxylation is 1. The number of amides is 1. The number of nitrogens with one attached hydrogen (secondary N) is 1. The molecule has 0 fully saturated rings. The van der Waals surface area contributed by atoms with Crippen LogP contribution in [-0.2, 0) is 16.0 Å². The first kappa shape index (κ1) is 20.2. The highest BCUT2D eigenvalue weighted by atomic mass is 35.5. The summed E-state index contributed by atoms with van der Waals surface area (Å²) in [5.41, 5.74) is 0.246. The Labute approximate surface area is 135 Å². The summed E-state index contributed by atoms with van der Waals surface area (Å²) in [5, 5.41) is 11.4. The summed E-state index contributed by atoms with van der Waals surface area (Å²) in [6.45, 7) is 6.65. The lowest BCUT2D eigenvalue weighted by Crippen LogP contribution is -2.44. The summed E-state index contributed by atoms with van der Waals surface area (Å²) in [4.78, 5) is 22.8. The van der Waals surface area contributed by atoms with Crippen LogP contribution in [0, 0.1) is 12.7 Å². The van der Waals surface area contributed by atoms with Crippen LogP contribution in [0.5, 0.6) is 0 Å². The Morgan fingerprint density at radius 2 is 1.95 bits per heavy atom. The minimum absolute atomic E-state index is 0. The SMILES string of the molecule is Cc1ccc(CC(NC(=O)OC(C)(C)C)C(=O)O)cc1F.Cl. The van der Waals surface area contributed by atoms with Crippen molar-refractivity contribution in [2.45, 2.75) is 45.8 Å². The van der Waals surface area contributed by atoms with Crippen molar-refractivity contribution >= 4 is 24.5 Å². The molecule has 0 saturated carbocycles. The first-order valence-corrected chi connectivity index (χ1v) is 6.56. The molecule has 22 heavy (non-hydrogen) atoms. The lowest BCUT2D eigenvalue weighted by molar-refractivity contribution is -0.139. The van der Waals surface area contributed by atoms with E-state index in [1.165, 1.54) is 6.07 Å². The summed E-state index contributed by atoms with van der Waals surface area (Å²) >= 11 is 0. The zero-order chi connectivity index (χ0) is 16.2. The molecule has 1 aromatic carbocycles. The largest absolute Gasteiger partial charge is 0.480 e. The number of carbonyl (C=O) groups excluding carboxylic acids is 1. The molecule has 1 aromatic rings. The number of hydrogen-bond acceptors (Lipinski definition) is 3. The fourth-order valence-corrected chi connectivity index (χ4v) is 1.65. The third kappa shape index (κ3) is 6.76. The van der Waals surface area contributed by atoms with Gasteiger partial charge in [-0.2, -0.15) is 0 Å². The van der Waals surface area contributed by atoms with Crippen LogP contribution in [0.4, 0.5) is 9.18 Å². The van der Waals surface area contributed by atoms with Crippen LogP contribution in [-0.4, -0.2) is 28.8 Å². The Hall–Kier alpha value is -1.82. The minimum Gasteiger partial charge on any atom is -0.480 e. The second kappa shape index (κ2) is 7.98. The smallest absolute Gasteiger partial charge is 0.408 e. The fraction of sp³-hybridized carbons (Fsp3) is 0.467. The molecule has 1 amide bonds. The minimum atomic E-state index is -1.21. The second-order valence-electron chi connectivity index (χ2n) is 5.82. The number of benzene rings is 1. The third-order valence-corrected chi connectivity index (χ3v) is 2.67. The first-order valence-electron chi connectivity index (χ1n) is 6.56. The quantitative estimate of drug-likeness (QED) is 0.887. The molecule has 0 saturated heterocycles. The molecule has 1 rings (SSSR count). The van der Waals surface area contributed by atoms with Gasteiger partial charge >= 0.3 is 12.1 Å². The number of rotatable bonds is 4. The number of halogens is 2. The Kier molecular flexibility index (Phi) is 7.32. The highest BCUT2D eigenvalue weighted by Crippen LogP contribution is 2.12. The molecule has 1 unspecified atom stereocenters. The summed E-state index contributed by atoms with van der Waals surface area (Å²) in [7, 11) is 0. The molecule has 0 aromatic heterocycles. The van der Waals surface area contributed by atoms with E-state index in [1.807, 2.05) is 0 Å². The second-order valence-corrected chi connectivity index (χ2v) is 5.82. The first-order chi connectivity index (χ1) is 9.58. The molecule has 5 nitrogen and oxygen atoms in total. The van der Waals surface area contributed by atoms with Crippen molar-refractivity contribution in [1.82, 2.24) is 5.32 Å². The number of carbonyl (C=O) groups is 2. The van der Waals surface area contributed by atoms with Gasteiger partial charge in [0.25, 0.3) is 0 Å². The molecule has 0 aliphatic carbocycles. The van der Waals surface area contributed by atoms with Crippen molar-refractivity contribution in [3.05, 3.63) is 35.1 Å². The van der Waals surface area contributed by atoms with Gasteiger partial charge in [0.1, 0.15) is 17.5 Å². The number of ether oxygens (including phenoxy) is 1. The maximum atomic E-state index is 13.5. The molecule has 2 N–H and O–H groups in total. The lowest BCUT2D eigenvalue weighted by atomic mass is 10.0. The zero-order valence-corrected chi connectivity index (χ0v) is 13.8. The van der Waals surface area contributed by atoms with Crippen molar-refractivity contribution in [3.8, 4) is 0 Å². The maximum Gasteiger partial charge on any atom is 0.408 e. The van der Waals surface area contributed by atoms with E-state index < -0.39 is 29.5 Å². The van der Waals surface area contributed by atoms with E-state index in [0.717, 1.165) is 0 Å². The number of carboxylic acid groups (broad SMARTS) is 1. The predicted molar refractivity (Wildman–Crippen MR) is 82.9 cm³/mol. The van der Waals surface area contributed by atoms with E-state index in [1.54, 1.807) is 39.8 Å². The summed E-state index contributed by atoms with van der Waals surface area (Å²) in [5.74, 6) is -1.62. The van der Waals surface area contributed by atoms with Crippen LogP contribution >= 0.6 is 12.4 Å². The van der Waals surface area contributed by atoms with Crippen molar-refractivity contribution < 1.29 is 23.8 Å². The standard InChI is InChI=1S/C15H20FNO4.ClH/c1-9-5-6-10(7-11(9)16)8-12(13(18)19)17-14(20)21-15(2,3)4;/h5-7,12H,8H2,1-4H3,(H,17,20)(H,18,19);1H. The van der Waals surface area contributed by atoms with Crippen LogP contribution in [0.2, 0.25) is 0 Å². The van der Waals surface area contributed by atoms with Gasteiger partial charge < -0.3 is 15.2 Å². The summed E-state index contributed by atoms with van der Waals surface area (Å²) in [6.07, 6.45) is -0.839. The maximum absolute atomic E-state index is 13.5. The molecular formula is C15H21ClFNO4. The average Bonchev–Trinajstić information content (AvgIpc) is 2.30. The van der Waals surface area contributed by atoms with Gasteiger partial charge in [-0.15, -0.1) is 12.4 Å². The van der Waals surface area contributed by atoms with Crippen LogP contribution in [0.1, 0.15) is 31.9 Å². The number of hydrogen-bond donors (Lipinski definition) is 2. The molecule has 0 radical (unpaired) electrons. The van der Waals surface area contributed by atoms with Crippen molar-refractivity contribution in [3.63, 3.8) is 0 Å². The van der Waals surface area contributed by atoms with Crippen molar-refractivity contribution in [1.29, 1.82) is 0 Å². The van der Waals surface area contributed by atoms with E-state index in [4.69, 9.17) is 9.84 Å². The molecule has 124 valence electrons. The Morgan fingerprint density at radius 1 is 1.36 bits per heavy atom. The highest BCUT2D eigenvalue weighted by Gasteiger charge is 2.24. The lowest BCUT2D eigenvalue weighted by Gasteiger charge is -2.22. The molecular weight excluding hydrogens is 313 g/mol. The van der Waals surface area contributed by atoms with Crippen LogP contribution in [0.3, 0.4) is 0 Å². The van der Waals surface area contributed by atoms with Crippen LogP contribution in [0.15, 0.2) is 18.2 Å². The number of aliphatic carboxylic acids is 1. The summed E-state index contributed by atoms with van der Waals surface area (Å²) < 4.78 is 18.5. The van der Waals surface area contributed by atoms with E-state index in [2.05, 4.69) is 5.32 Å². The molecule has 0 heterocycles. The van der Waals surface area contributed by atoms with E-state index in [-0.39, 0.29) is 18.8 Å². The number of alkyl carbamates (subject to hydrolysis) is 1. The van der Waals surface area contributed by atoms with Crippen LogP contribution in [0.25, 0.3) is 0 Å². The fourth-order valence-electron chi connectivity index (χ4n) is 1.65. The topological polar surface area (TPSA) is 75.6 Å². The normalized spacial score (nSPS) is 12.0. The molecule has 0 aliphatic rings. The van der Waals surface area contributed by atoms with Gasteiger partial charge in [0, 0.05) is 6.42 Å². The van der Waals surface area contributed by atoms with Crippen LogP contribution < -0.4 is 5.32 Å². The zero-order valence-electron chi connectivity index (χ0n) is 13.0. The predicted octanol–water partition coefficient (Wildman–Crippen LogP) is 3.08. The Bertz CT molecular complexity index is 543. The molecule has 0 spiro atoms. The molecule has 0 aliphatic heterocycles. The Morgan fingerprint density at radius 3 is 2.41 bits per heavy atom. The molecule has 0 bridgehead atoms. The highest BCUT2D eigenvalue weighted by molar-refractivity contribution is 5.85. The monoisotopic (exact) mass is 333 g/mol. The van der Waals surface area contributed by atoms with Gasteiger partial charge in [0.15, 0.2) is 0 Å². The van der Waals surface area contributed by atoms with Crippen molar-refractivity contribution in [2.24, 2.45) is 0 Å². The van der Waals surface area contributed by atoms with E-state index >= 15 is 0 Å².